The average Bonchev–Trinajstić information content (AvgIpc) is 2.14. The van der Waals surface area contributed by atoms with E-state index < -0.39 is 6.10 Å². The van der Waals surface area contributed by atoms with E-state index in [1.54, 1.807) is 18.1 Å². The molecule has 0 aliphatic rings. The number of likely N-dealkylation sites (N-methyl/N-ethyl adjacent to an activating group) is 1. The van der Waals surface area contributed by atoms with Crippen molar-refractivity contribution in [1.82, 2.24) is 4.90 Å². The van der Waals surface area contributed by atoms with Gasteiger partial charge >= 0.3 is 0 Å². The number of ether oxygens (including phenoxy) is 1. The van der Waals surface area contributed by atoms with Crippen molar-refractivity contribution in [3.8, 4) is 6.19 Å². The summed E-state index contributed by atoms with van der Waals surface area (Å²) in [6, 6.07) is 0. The first-order valence-electron chi connectivity index (χ1n) is 4.04. The molecule has 0 rings (SSSR count). The number of aliphatic hydroxyl groups excluding tert-OH is 1. The predicted octanol–water partition coefficient (Wildman–Crippen LogP) is 0.126. The van der Waals surface area contributed by atoms with E-state index in [-0.39, 0.29) is 6.61 Å². The van der Waals surface area contributed by atoms with Crippen LogP contribution in [0.4, 0.5) is 0 Å². The van der Waals surface area contributed by atoms with Crippen molar-refractivity contribution >= 4 is 16.9 Å². The smallest absolute Gasteiger partial charge is 0.208 e. The second kappa shape index (κ2) is 7.62. The summed E-state index contributed by atoms with van der Waals surface area (Å²) in [5.41, 5.74) is 0. The molecule has 5 nitrogen and oxygen atoms in total. The van der Waals surface area contributed by atoms with E-state index >= 15 is 0 Å². The number of aliphatic imine (C=N–C) groups is 1. The highest BCUT2D eigenvalue weighted by Crippen LogP contribution is 2.03. The van der Waals surface area contributed by atoms with Crippen molar-refractivity contribution in [1.29, 1.82) is 5.26 Å². The van der Waals surface area contributed by atoms with Gasteiger partial charge in [0.2, 0.25) is 6.19 Å². The maximum atomic E-state index is 9.42. The first-order chi connectivity index (χ1) is 6.65. The molecule has 0 saturated carbocycles. The number of hydrogen-bond donors (Lipinski definition) is 1. The molecule has 0 bridgehead atoms. The van der Waals surface area contributed by atoms with Crippen LogP contribution < -0.4 is 0 Å². The van der Waals surface area contributed by atoms with E-state index in [0.717, 1.165) is 0 Å². The van der Waals surface area contributed by atoms with Crippen molar-refractivity contribution in [2.45, 2.75) is 6.10 Å². The Bertz CT molecular complexity index is 227. The summed E-state index contributed by atoms with van der Waals surface area (Å²) >= 11 is 1.36. The summed E-state index contributed by atoms with van der Waals surface area (Å²) in [4.78, 5) is 5.33. The molecule has 0 saturated heterocycles. The summed E-state index contributed by atoms with van der Waals surface area (Å²) in [5.74, 6) is 0. The summed E-state index contributed by atoms with van der Waals surface area (Å²) < 4.78 is 4.79. The SMILES string of the molecule is COCC(O)CN(C)C(=NC#N)SC. The number of hydrogen-bond acceptors (Lipinski definition) is 5. The molecule has 14 heavy (non-hydrogen) atoms. The third-order valence-electron chi connectivity index (χ3n) is 1.50. The molecule has 0 fully saturated rings. The van der Waals surface area contributed by atoms with E-state index in [2.05, 4.69) is 4.99 Å². The number of nitriles is 1. The lowest BCUT2D eigenvalue weighted by atomic mass is 10.3. The second-order valence-corrected chi connectivity index (χ2v) is 3.46. The molecule has 0 aromatic rings. The van der Waals surface area contributed by atoms with Gasteiger partial charge in [0.05, 0.1) is 12.7 Å². The van der Waals surface area contributed by atoms with Crippen molar-refractivity contribution < 1.29 is 9.84 Å². The molecule has 0 spiro atoms. The van der Waals surface area contributed by atoms with Gasteiger partial charge in [0.25, 0.3) is 0 Å². The largest absolute Gasteiger partial charge is 0.389 e. The lowest BCUT2D eigenvalue weighted by molar-refractivity contribution is 0.0542. The van der Waals surface area contributed by atoms with Gasteiger partial charge in [-0.3, -0.25) is 0 Å². The molecule has 0 radical (unpaired) electrons. The van der Waals surface area contributed by atoms with Crippen LogP contribution in [0.2, 0.25) is 0 Å². The molecule has 0 aromatic heterocycles. The van der Waals surface area contributed by atoms with Gasteiger partial charge in [0, 0.05) is 20.7 Å². The summed E-state index contributed by atoms with van der Waals surface area (Å²) in [7, 11) is 3.30. The minimum absolute atomic E-state index is 0.276. The van der Waals surface area contributed by atoms with Crippen LogP contribution in [-0.2, 0) is 4.74 Å². The Hall–Kier alpha value is -0.770. The van der Waals surface area contributed by atoms with Crippen molar-refractivity contribution in [2.75, 3.05) is 33.6 Å². The van der Waals surface area contributed by atoms with Crippen LogP contribution in [0, 0.1) is 11.5 Å². The number of nitrogens with zero attached hydrogens (tertiary/aromatic N) is 3. The van der Waals surface area contributed by atoms with Gasteiger partial charge in [-0.05, 0) is 6.26 Å². The van der Waals surface area contributed by atoms with E-state index in [1.165, 1.54) is 18.9 Å². The van der Waals surface area contributed by atoms with Gasteiger partial charge in [-0.15, -0.1) is 4.99 Å². The number of aliphatic hydroxyl groups is 1. The molecule has 6 heteroatoms. The number of methoxy groups -OCH3 is 1. The standard InChI is InChI=1S/C8H15N3O2S/c1-11(4-7(12)5-13-2)8(14-3)10-6-9/h7,12H,4-5H2,1-3H3. The fourth-order valence-corrected chi connectivity index (χ4v) is 1.49. The zero-order valence-electron chi connectivity index (χ0n) is 8.60. The van der Waals surface area contributed by atoms with Crippen LogP contribution in [0.1, 0.15) is 0 Å². The third kappa shape index (κ3) is 5.07. The van der Waals surface area contributed by atoms with Crippen LogP contribution in [0.3, 0.4) is 0 Å². The number of amidine groups is 1. The minimum atomic E-state index is -0.568. The monoisotopic (exact) mass is 217 g/mol. The Morgan fingerprint density at radius 3 is 2.86 bits per heavy atom. The Labute approximate surface area is 88.4 Å². The second-order valence-electron chi connectivity index (χ2n) is 2.69. The summed E-state index contributed by atoms with van der Waals surface area (Å²) in [6.45, 7) is 0.674. The van der Waals surface area contributed by atoms with Gasteiger partial charge in [-0.1, -0.05) is 11.8 Å². The first-order valence-corrected chi connectivity index (χ1v) is 5.27. The van der Waals surface area contributed by atoms with E-state index in [1.807, 2.05) is 6.26 Å². The fourth-order valence-electron chi connectivity index (χ4n) is 0.969. The highest BCUT2D eigenvalue weighted by molar-refractivity contribution is 8.13. The average molecular weight is 217 g/mol. The molecule has 1 atom stereocenters. The van der Waals surface area contributed by atoms with Gasteiger partial charge < -0.3 is 14.7 Å². The number of rotatable bonds is 4. The zero-order chi connectivity index (χ0) is 11.0. The molecule has 1 N–H and O–H groups in total. The molecule has 1 unspecified atom stereocenters. The topological polar surface area (TPSA) is 68.8 Å². The minimum Gasteiger partial charge on any atom is -0.389 e. The van der Waals surface area contributed by atoms with Crippen LogP contribution >= 0.6 is 11.8 Å². The Morgan fingerprint density at radius 2 is 2.43 bits per heavy atom. The van der Waals surface area contributed by atoms with Gasteiger partial charge in [0.1, 0.15) is 0 Å². The Kier molecular flexibility index (Phi) is 7.20. The molecule has 80 valence electrons. The highest BCUT2D eigenvalue weighted by Gasteiger charge is 2.10. The fraction of sp³-hybridized carbons (Fsp3) is 0.750. The van der Waals surface area contributed by atoms with Gasteiger partial charge in [0.15, 0.2) is 5.17 Å². The summed E-state index contributed by atoms with van der Waals surface area (Å²) in [5, 5.41) is 18.4. The van der Waals surface area contributed by atoms with Crippen molar-refractivity contribution in [3.63, 3.8) is 0 Å². The van der Waals surface area contributed by atoms with Crippen LogP contribution in [0.25, 0.3) is 0 Å². The lowest BCUT2D eigenvalue weighted by Gasteiger charge is -2.21. The molecule has 0 aliphatic carbocycles. The van der Waals surface area contributed by atoms with Crippen LogP contribution in [0.15, 0.2) is 4.99 Å². The molecule has 0 aromatic carbocycles. The van der Waals surface area contributed by atoms with Gasteiger partial charge in [-0.2, -0.15) is 5.26 Å². The molecular formula is C8H15N3O2S. The predicted molar refractivity (Wildman–Crippen MR) is 57.1 cm³/mol. The molecule has 0 amide bonds. The van der Waals surface area contributed by atoms with Crippen molar-refractivity contribution in [2.24, 2.45) is 4.99 Å². The Balaban J connectivity index is 4.11. The summed E-state index contributed by atoms with van der Waals surface area (Å²) in [6.07, 6.45) is 2.98. The van der Waals surface area contributed by atoms with Crippen LogP contribution in [-0.4, -0.2) is 54.8 Å². The zero-order valence-corrected chi connectivity index (χ0v) is 9.41. The van der Waals surface area contributed by atoms with Gasteiger partial charge in [-0.25, -0.2) is 0 Å². The normalized spacial score (nSPS) is 13.5. The van der Waals surface area contributed by atoms with E-state index in [4.69, 9.17) is 10.00 Å². The third-order valence-corrected chi connectivity index (χ3v) is 2.27. The molecule has 0 heterocycles. The molecule has 0 aliphatic heterocycles. The quantitative estimate of drug-likeness (QED) is 0.412. The first kappa shape index (κ1) is 13.2. The van der Waals surface area contributed by atoms with Crippen LogP contribution in [0.5, 0.6) is 0 Å². The van der Waals surface area contributed by atoms with Crippen molar-refractivity contribution in [3.05, 3.63) is 0 Å². The molecular weight excluding hydrogens is 202 g/mol. The highest BCUT2D eigenvalue weighted by atomic mass is 32.2. The number of thioether (sulfide) groups is 1. The maximum Gasteiger partial charge on any atom is 0.208 e. The van der Waals surface area contributed by atoms with E-state index in [9.17, 15) is 5.11 Å². The van der Waals surface area contributed by atoms with E-state index in [0.29, 0.717) is 11.7 Å². The maximum absolute atomic E-state index is 9.42. The Morgan fingerprint density at radius 1 is 1.79 bits per heavy atom. The lowest BCUT2D eigenvalue weighted by Crippen LogP contribution is -2.34.